The summed E-state index contributed by atoms with van der Waals surface area (Å²) >= 11 is 0. The van der Waals surface area contributed by atoms with Crippen molar-refractivity contribution >= 4 is 17.3 Å². The lowest BCUT2D eigenvalue weighted by Gasteiger charge is -2.07. The number of hydrogen-bond acceptors (Lipinski definition) is 6. The molecule has 0 aliphatic carbocycles. The zero-order valence-corrected chi connectivity index (χ0v) is 10.0. The number of hydrogen-bond donors (Lipinski definition) is 3. The van der Waals surface area contributed by atoms with Crippen molar-refractivity contribution in [2.24, 2.45) is 5.73 Å². The van der Waals surface area contributed by atoms with Crippen LogP contribution in [0.2, 0.25) is 0 Å². The van der Waals surface area contributed by atoms with E-state index in [0.717, 1.165) is 30.3 Å². The summed E-state index contributed by atoms with van der Waals surface area (Å²) in [7, 11) is 0. The van der Waals surface area contributed by atoms with Crippen LogP contribution in [0.15, 0.2) is 36.9 Å². The summed E-state index contributed by atoms with van der Waals surface area (Å²) in [6, 6.07) is 5.64. The van der Waals surface area contributed by atoms with Gasteiger partial charge >= 0.3 is 0 Å². The minimum Gasteiger partial charge on any atom is -0.370 e. The maximum absolute atomic E-state index is 5.43. The van der Waals surface area contributed by atoms with Gasteiger partial charge in [0.1, 0.15) is 18.0 Å². The van der Waals surface area contributed by atoms with Crippen molar-refractivity contribution in [3.8, 4) is 0 Å². The van der Waals surface area contributed by atoms with E-state index < -0.39 is 0 Å². The molecule has 6 heteroatoms. The minimum absolute atomic E-state index is 0.666. The van der Waals surface area contributed by atoms with E-state index in [1.165, 1.54) is 6.33 Å². The molecule has 4 N–H and O–H groups in total. The lowest BCUT2D eigenvalue weighted by Crippen LogP contribution is -2.09. The third kappa shape index (κ3) is 3.67. The van der Waals surface area contributed by atoms with Crippen LogP contribution in [0.25, 0.3) is 0 Å². The third-order valence-corrected chi connectivity index (χ3v) is 2.29. The van der Waals surface area contributed by atoms with Crippen molar-refractivity contribution in [3.63, 3.8) is 0 Å². The third-order valence-electron chi connectivity index (χ3n) is 2.29. The quantitative estimate of drug-likeness (QED) is 0.665. The lowest BCUT2D eigenvalue weighted by atomic mass is 10.4. The van der Waals surface area contributed by atoms with Gasteiger partial charge in [0.05, 0.1) is 11.9 Å². The van der Waals surface area contributed by atoms with Crippen molar-refractivity contribution in [1.29, 1.82) is 0 Å². The number of nitrogens with one attached hydrogen (secondary N) is 2. The average molecular weight is 244 g/mol. The van der Waals surface area contributed by atoms with Crippen molar-refractivity contribution in [1.82, 2.24) is 15.0 Å². The first kappa shape index (κ1) is 12.3. The number of pyridine rings is 1. The predicted octanol–water partition coefficient (Wildman–Crippen LogP) is 1.38. The second-order valence-corrected chi connectivity index (χ2v) is 3.72. The van der Waals surface area contributed by atoms with E-state index in [1.54, 1.807) is 12.4 Å². The molecule has 0 aromatic carbocycles. The van der Waals surface area contributed by atoms with E-state index in [-0.39, 0.29) is 0 Å². The van der Waals surface area contributed by atoms with Crippen LogP contribution >= 0.6 is 0 Å². The van der Waals surface area contributed by atoms with E-state index in [9.17, 15) is 0 Å². The van der Waals surface area contributed by atoms with E-state index in [4.69, 9.17) is 5.73 Å². The fourth-order valence-electron chi connectivity index (χ4n) is 1.43. The Hall–Kier alpha value is -2.21. The molecule has 0 saturated carbocycles. The van der Waals surface area contributed by atoms with Crippen LogP contribution in [0.3, 0.4) is 0 Å². The van der Waals surface area contributed by atoms with Gasteiger partial charge in [0.2, 0.25) is 0 Å². The van der Waals surface area contributed by atoms with Gasteiger partial charge in [-0.1, -0.05) is 0 Å². The first-order valence-corrected chi connectivity index (χ1v) is 5.81. The van der Waals surface area contributed by atoms with Crippen molar-refractivity contribution in [2.75, 3.05) is 23.7 Å². The highest BCUT2D eigenvalue weighted by Crippen LogP contribution is 2.14. The van der Waals surface area contributed by atoms with E-state index in [1.807, 2.05) is 18.2 Å². The molecule has 18 heavy (non-hydrogen) atoms. The number of rotatable bonds is 6. The highest BCUT2D eigenvalue weighted by Gasteiger charge is 1.98. The van der Waals surface area contributed by atoms with Gasteiger partial charge in [0.25, 0.3) is 0 Å². The first-order chi connectivity index (χ1) is 8.88. The molecule has 2 aromatic heterocycles. The zero-order chi connectivity index (χ0) is 12.6. The Labute approximate surface area is 106 Å². The molecule has 0 radical (unpaired) electrons. The van der Waals surface area contributed by atoms with Gasteiger partial charge in [-0.2, -0.15) is 0 Å². The summed E-state index contributed by atoms with van der Waals surface area (Å²) in [5, 5.41) is 6.34. The Balaban J connectivity index is 1.99. The normalized spacial score (nSPS) is 10.1. The van der Waals surface area contributed by atoms with Crippen molar-refractivity contribution in [3.05, 3.63) is 36.9 Å². The molecule has 0 saturated heterocycles. The number of aromatic nitrogens is 3. The number of anilines is 3. The molecule has 2 rings (SSSR count). The number of nitrogens with two attached hydrogens (primary N) is 1. The van der Waals surface area contributed by atoms with Gasteiger partial charge in [0.15, 0.2) is 0 Å². The standard InChI is InChI=1S/C12H16N6/c13-4-2-6-15-11-7-12(17-9-16-11)18-10-3-1-5-14-8-10/h1,3,5,7-9H,2,4,6,13H2,(H2,15,16,17,18). The largest absolute Gasteiger partial charge is 0.370 e. The maximum atomic E-state index is 5.43. The fourth-order valence-corrected chi connectivity index (χ4v) is 1.43. The Morgan fingerprint density at radius 3 is 2.89 bits per heavy atom. The molecule has 0 spiro atoms. The highest BCUT2D eigenvalue weighted by molar-refractivity contribution is 5.57. The van der Waals surface area contributed by atoms with Gasteiger partial charge in [0, 0.05) is 18.8 Å². The Kier molecular flexibility index (Phi) is 4.43. The second kappa shape index (κ2) is 6.51. The molecule has 94 valence electrons. The molecule has 0 aliphatic heterocycles. The Bertz CT molecular complexity index is 473. The SMILES string of the molecule is NCCCNc1cc(Nc2cccnc2)ncn1. The summed E-state index contributed by atoms with van der Waals surface area (Å²) in [6.45, 7) is 1.47. The average Bonchev–Trinajstić information content (AvgIpc) is 2.41. The molecule has 2 heterocycles. The Morgan fingerprint density at radius 1 is 1.22 bits per heavy atom. The van der Waals surface area contributed by atoms with Gasteiger partial charge in [-0.25, -0.2) is 9.97 Å². The molecule has 0 aliphatic rings. The summed E-state index contributed by atoms with van der Waals surface area (Å²) in [5.41, 5.74) is 6.33. The molecular weight excluding hydrogens is 228 g/mol. The van der Waals surface area contributed by atoms with Crippen LogP contribution in [0, 0.1) is 0 Å². The van der Waals surface area contributed by atoms with Crippen molar-refractivity contribution in [2.45, 2.75) is 6.42 Å². The topological polar surface area (TPSA) is 88.8 Å². The second-order valence-electron chi connectivity index (χ2n) is 3.72. The molecule has 0 bridgehead atoms. The number of nitrogens with zero attached hydrogens (tertiary/aromatic N) is 3. The van der Waals surface area contributed by atoms with Crippen LogP contribution < -0.4 is 16.4 Å². The fraction of sp³-hybridized carbons (Fsp3) is 0.250. The molecular formula is C12H16N6. The summed E-state index contributed by atoms with van der Waals surface area (Å²) < 4.78 is 0. The first-order valence-electron chi connectivity index (χ1n) is 5.81. The molecule has 6 nitrogen and oxygen atoms in total. The van der Waals surface area contributed by atoms with Gasteiger partial charge in [-0.05, 0) is 25.1 Å². The van der Waals surface area contributed by atoms with E-state index >= 15 is 0 Å². The smallest absolute Gasteiger partial charge is 0.135 e. The molecule has 0 fully saturated rings. The van der Waals surface area contributed by atoms with Gasteiger partial charge in [-0.3, -0.25) is 4.98 Å². The van der Waals surface area contributed by atoms with E-state index in [0.29, 0.717) is 6.54 Å². The molecule has 0 unspecified atom stereocenters. The molecule has 2 aromatic rings. The lowest BCUT2D eigenvalue weighted by molar-refractivity contribution is 0.869. The Morgan fingerprint density at radius 2 is 2.11 bits per heavy atom. The maximum Gasteiger partial charge on any atom is 0.135 e. The molecule has 0 amide bonds. The monoisotopic (exact) mass is 244 g/mol. The highest BCUT2D eigenvalue weighted by atomic mass is 15.1. The van der Waals surface area contributed by atoms with Gasteiger partial charge in [-0.15, -0.1) is 0 Å². The minimum atomic E-state index is 0.666. The summed E-state index contributed by atoms with van der Waals surface area (Å²) in [6.07, 6.45) is 5.90. The van der Waals surface area contributed by atoms with Crippen molar-refractivity contribution < 1.29 is 0 Å². The van der Waals surface area contributed by atoms with Crippen LogP contribution in [0.4, 0.5) is 17.3 Å². The van der Waals surface area contributed by atoms with Crippen LogP contribution in [-0.2, 0) is 0 Å². The van der Waals surface area contributed by atoms with Crippen LogP contribution in [0.5, 0.6) is 0 Å². The van der Waals surface area contributed by atoms with Crippen LogP contribution in [0.1, 0.15) is 6.42 Å². The molecule has 0 atom stereocenters. The van der Waals surface area contributed by atoms with Crippen LogP contribution in [-0.4, -0.2) is 28.0 Å². The summed E-state index contributed by atoms with van der Waals surface area (Å²) in [4.78, 5) is 12.3. The summed E-state index contributed by atoms with van der Waals surface area (Å²) in [5.74, 6) is 1.51. The van der Waals surface area contributed by atoms with Gasteiger partial charge < -0.3 is 16.4 Å². The zero-order valence-electron chi connectivity index (χ0n) is 10.0. The predicted molar refractivity (Wildman–Crippen MR) is 71.7 cm³/mol. The van der Waals surface area contributed by atoms with E-state index in [2.05, 4.69) is 25.6 Å².